The number of fused-ring (bicyclic) bond motifs is 1. The standard InChI is InChI=1S/C19H14N2O3S/c22-18-17(25-19(23)21-18)10-14-8-13-9-15(6-7-16(13)20-14)24-11-12-4-2-1-3-5-12/h1-10,22H,11H2,(H,21,23). The molecule has 124 valence electrons. The number of nitrogens with one attached hydrogen (secondary N) is 1. The second-order valence-corrected chi connectivity index (χ2v) is 6.56. The van der Waals surface area contributed by atoms with Crippen molar-refractivity contribution in [2.75, 3.05) is 0 Å². The summed E-state index contributed by atoms with van der Waals surface area (Å²) in [6, 6.07) is 15.7. The van der Waals surface area contributed by atoms with Gasteiger partial charge in [0.25, 0.3) is 0 Å². The number of H-pyrrole nitrogens is 1. The van der Waals surface area contributed by atoms with Crippen LogP contribution in [0.5, 0.6) is 11.6 Å². The Morgan fingerprint density at radius 3 is 2.80 bits per heavy atom. The lowest BCUT2D eigenvalue weighted by atomic mass is 10.2. The Balaban J connectivity index is 1.58. The Morgan fingerprint density at radius 1 is 1.20 bits per heavy atom. The number of allylic oxidation sites excluding steroid dienone is 1. The van der Waals surface area contributed by atoms with Crippen LogP contribution < -0.4 is 20.2 Å². The molecule has 2 N–H and O–H groups in total. The van der Waals surface area contributed by atoms with E-state index in [0.29, 0.717) is 17.2 Å². The molecule has 0 saturated carbocycles. The number of aromatic amines is 1. The van der Waals surface area contributed by atoms with E-state index in [4.69, 9.17) is 4.74 Å². The van der Waals surface area contributed by atoms with E-state index in [0.717, 1.165) is 33.2 Å². The van der Waals surface area contributed by atoms with E-state index in [1.807, 2.05) is 54.6 Å². The number of aromatic hydroxyl groups is 1. The molecular formula is C19H14N2O3S. The maximum atomic E-state index is 11.3. The minimum atomic E-state index is -0.295. The van der Waals surface area contributed by atoms with E-state index in [1.165, 1.54) is 0 Å². The molecule has 1 aliphatic rings. The molecule has 1 aromatic heterocycles. The Bertz CT molecular complexity index is 1130. The van der Waals surface area contributed by atoms with E-state index in [2.05, 4.69) is 9.98 Å². The lowest BCUT2D eigenvalue weighted by Crippen LogP contribution is -2.20. The third kappa shape index (κ3) is 3.39. The van der Waals surface area contributed by atoms with Crippen LogP contribution in [0, 0.1) is 0 Å². The smallest absolute Gasteiger partial charge is 0.307 e. The molecule has 4 rings (SSSR count). The second-order valence-electron chi connectivity index (χ2n) is 5.55. The Hall–Kier alpha value is -3.12. The highest BCUT2D eigenvalue weighted by Crippen LogP contribution is 2.21. The van der Waals surface area contributed by atoms with Gasteiger partial charge in [0.2, 0.25) is 5.88 Å². The maximum absolute atomic E-state index is 11.3. The average Bonchev–Trinajstić information content (AvgIpc) is 3.15. The van der Waals surface area contributed by atoms with E-state index in [9.17, 15) is 9.90 Å². The zero-order valence-electron chi connectivity index (χ0n) is 13.1. The molecule has 0 atom stereocenters. The number of ether oxygens (including phenoxy) is 1. The minimum absolute atomic E-state index is 0.131. The number of hydrogen-bond acceptors (Lipinski definition) is 5. The van der Waals surface area contributed by atoms with Crippen molar-refractivity contribution in [2.45, 2.75) is 6.61 Å². The molecule has 2 aromatic carbocycles. The van der Waals surface area contributed by atoms with Gasteiger partial charge >= 0.3 is 4.87 Å². The number of nitrogens with zero attached hydrogens (tertiary/aromatic N) is 1. The first-order chi connectivity index (χ1) is 12.2. The van der Waals surface area contributed by atoms with Gasteiger partial charge in [-0.05, 0) is 35.9 Å². The highest BCUT2D eigenvalue weighted by Gasteiger charge is 2.07. The molecule has 0 radical (unpaired) electrons. The Morgan fingerprint density at radius 2 is 2.04 bits per heavy atom. The molecule has 0 spiro atoms. The fraction of sp³-hybridized carbons (Fsp3) is 0.0526. The molecule has 6 heteroatoms. The lowest BCUT2D eigenvalue weighted by molar-refractivity contribution is 0.306. The van der Waals surface area contributed by atoms with Gasteiger partial charge in [-0.3, -0.25) is 9.78 Å². The summed E-state index contributed by atoms with van der Waals surface area (Å²) < 4.78 is 5.83. The van der Waals surface area contributed by atoms with Crippen molar-refractivity contribution in [3.63, 3.8) is 0 Å². The number of aromatic nitrogens is 1. The molecule has 0 saturated heterocycles. The van der Waals surface area contributed by atoms with E-state index < -0.39 is 0 Å². The number of rotatable bonds is 4. The minimum Gasteiger partial charge on any atom is -0.493 e. The fourth-order valence-corrected chi connectivity index (χ4v) is 3.22. The van der Waals surface area contributed by atoms with Crippen molar-refractivity contribution >= 4 is 23.5 Å². The zero-order chi connectivity index (χ0) is 17.2. The number of benzene rings is 2. The van der Waals surface area contributed by atoms with Crippen molar-refractivity contribution in [3.05, 3.63) is 84.9 Å². The molecule has 2 heterocycles. The Kier molecular flexibility index (Phi) is 3.95. The van der Waals surface area contributed by atoms with Gasteiger partial charge in [0.05, 0.1) is 15.9 Å². The van der Waals surface area contributed by atoms with Gasteiger partial charge in [0, 0.05) is 5.22 Å². The van der Waals surface area contributed by atoms with Crippen LogP contribution in [0.2, 0.25) is 0 Å². The first-order valence-corrected chi connectivity index (χ1v) is 8.50. The van der Waals surface area contributed by atoms with E-state index in [-0.39, 0.29) is 10.8 Å². The summed E-state index contributed by atoms with van der Waals surface area (Å²) in [7, 11) is 0. The molecule has 3 aromatic rings. The third-order valence-electron chi connectivity index (χ3n) is 3.74. The lowest BCUT2D eigenvalue weighted by Gasteiger charge is -2.05. The summed E-state index contributed by atoms with van der Waals surface area (Å²) in [5.41, 5.74) is 1.79. The van der Waals surface area contributed by atoms with Crippen LogP contribution in [0.15, 0.2) is 64.0 Å². The quantitative estimate of drug-likeness (QED) is 0.757. The van der Waals surface area contributed by atoms with Gasteiger partial charge in [0.1, 0.15) is 12.4 Å². The van der Waals surface area contributed by atoms with Crippen molar-refractivity contribution in [3.8, 4) is 11.6 Å². The first kappa shape index (κ1) is 15.4. The van der Waals surface area contributed by atoms with Crippen LogP contribution in [-0.2, 0) is 6.61 Å². The highest BCUT2D eigenvalue weighted by atomic mass is 32.1. The normalized spacial score (nSPS) is 14.0. The van der Waals surface area contributed by atoms with Gasteiger partial charge in [-0.15, -0.1) is 0 Å². The maximum Gasteiger partial charge on any atom is 0.307 e. The van der Waals surface area contributed by atoms with Gasteiger partial charge in [0.15, 0.2) is 0 Å². The summed E-state index contributed by atoms with van der Waals surface area (Å²) in [6.07, 6.45) is 3.58. The first-order valence-electron chi connectivity index (χ1n) is 7.68. The molecule has 5 nitrogen and oxygen atoms in total. The molecule has 0 unspecified atom stereocenters. The second kappa shape index (κ2) is 6.41. The molecule has 25 heavy (non-hydrogen) atoms. The monoisotopic (exact) mass is 350 g/mol. The average molecular weight is 350 g/mol. The van der Waals surface area contributed by atoms with Crippen LogP contribution in [0.4, 0.5) is 0 Å². The van der Waals surface area contributed by atoms with Crippen LogP contribution in [-0.4, -0.2) is 10.1 Å². The number of hydrogen-bond donors (Lipinski definition) is 2. The van der Waals surface area contributed by atoms with Crippen molar-refractivity contribution in [1.29, 1.82) is 0 Å². The Labute approximate surface area is 146 Å². The third-order valence-corrected chi connectivity index (χ3v) is 4.55. The molecule has 0 aliphatic carbocycles. The van der Waals surface area contributed by atoms with Gasteiger partial charge in [-0.25, -0.2) is 4.99 Å². The SMILES string of the molecule is O=c1[nH]c(O)c(C=C2C=c3cc(OCc4ccccc4)ccc3=N2)s1. The summed E-state index contributed by atoms with van der Waals surface area (Å²) in [5.74, 6) is 0.637. The molecule has 0 bridgehead atoms. The zero-order valence-corrected chi connectivity index (χ0v) is 13.9. The molecule has 0 amide bonds. The fourth-order valence-electron chi connectivity index (χ4n) is 2.55. The predicted octanol–water partition coefficient (Wildman–Crippen LogP) is 2.18. The summed E-state index contributed by atoms with van der Waals surface area (Å²) in [4.78, 5) is 18.3. The van der Waals surface area contributed by atoms with Crippen molar-refractivity contribution < 1.29 is 9.84 Å². The predicted molar refractivity (Wildman–Crippen MR) is 97.0 cm³/mol. The van der Waals surface area contributed by atoms with Crippen LogP contribution in [0.3, 0.4) is 0 Å². The van der Waals surface area contributed by atoms with Crippen LogP contribution in [0.25, 0.3) is 12.2 Å². The molecule has 1 aliphatic heterocycles. The summed E-state index contributed by atoms with van der Waals surface area (Å²) in [5, 5.41) is 11.4. The van der Waals surface area contributed by atoms with E-state index in [1.54, 1.807) is 6.08 Å². The van der Waals surface area contributed by atoms with Gasteiger partial charge < -0.3 is 9.84 Å². The van der Waals surface area contributed by atoms with Gasteiger partial charge in [-0.1, -0.05) is 41.7 Å². The summed E-state index contributed by atoms with van der Waals surface area (Å²) >= 11 is 0.947. The van der Waals surface area contributed by atoms with Crippen LogP contribution in [0.1, 0.15) is 10.4 Å². The molecular weight excluding hydrogens is 336 g/mol. The number of thiazole rings is 1. The highest BCUT2D eigenvalue weighted by molar-refractivity contribution is 7.10. The van der Waals surface area contributed by atoms with Gasteiger partial charge in [-0.2, -0.15) is 0 Å². The summed E-state index contributed by atoms with van der Waals surface area (Å²) in [6.45, 7) is 0.505. The topological polar surface area (TPSA) is 74.7 Å². The van der Waals surface area contributed by atoms with Crippen molar-refractivity contribution in [2.24, 2.45) is 4.99 Å². The van der Waals surface area contributed by atoms with Crippen molar-refractivity contribution in [1.82, 2.24) is 4.98 Å². The largest absolute Gasteiger partial charge is 0.493 e. The molecule has 0 fully saturated rings. The van der Waals surface area contributed by atoms with Crippen LogP contribution >= 0.6 is 11.3 Å². The van der Waals surface area contributed by atoms with E-state index >= 15 is 0 Å².